The second kappa shape index (κ2) is 17.2. The van der Waals surface area contributed by atoms with Gasteiger partial charge in [-0.05, 0) is 67.3 Å². The molecule has 1 atom stereocenters. The minimum Gasteiger partial charge on any atom is -0.492 e. The Bertz CT molecular complexity index is 1320. The number of hydrogen-bond acceptors (Lipinski definition) is 6. The molecule has 0 bridgehead atoms. The van der Waals surface area contributed by atoms with Gasteiger partial charge in [0.2, 0.25) is 0 Å². The highest BCUT2D eigenvalue weighted by Gasteiger charge is 2.35. The predicted molar refractivity (Wildman–Crippen MR) is 153 cm³/mol. The number of amides is 1. The zero-order chi connectivity index (χ0) is 32.0. The van der Waals surface area contributed by atoms with E-state index in [0.29, 0.717) is 25.2 Å². The van der Waals surface area contributed by atoms with Crippen molar-refractivity contribution in [2.75, 3.05) is 32.9 Å². The Morgan fingerprint density at radius 3 is 2.23 bits per heavy atom. The van der Waals surface area contributed by atoms with Gasteiger partial charge in [0, 0.05) is 26.2 Å². The summed E-state index contributed by atoms with van der Waals surface area (Å²) in [5, 5.41) is 9.27. The number of unbranched alkanes of at least 4 members (excludes halogenated alkanes) is 1. The maximum Gasteiger partial charge on any atom is 0.419 e. The Hall–Kier alpha value is -4.16. The molecule has 0 aliphatic carbocycles. The number of rotatable bonds is 17. The summed E-state index contributed by atoms with van der Waals surface area (Å²) < 4.78 is 75.1. The smallest absolute Gasteiger partial charge is 0.419 e. The van der Waals surface area contributed by atoms with E-state index in [1.165, 1.54) is 29.2 Å². The molecule has 0 spiro atoms. The first kappa shape index (κ1) is 34.3. The van der Waals surface area contributed by atoms with Crippen molar-refractivity contribution in [2.24, 2.45) is 0 Å². The molecule has 12 heteroatoms. The molecule has 0 saturated heterocycles. The van der Waals surface area contributed by atoms with Gasteiger partial charge in [-0.25, -0.2) is 14.0 Å². The van der Waals surface area contributed by atoms with E-state index in [0.717, 1.165) is 23.3 Å². The molecule has 0 radical (unpaired) electrons. The fourth-order valence-corrected chi connectivity index (χ4v) is 4.15. The molecule has 238 valence electrons. The molecule has 44 heavy (non-hydrogen) atoms. The lowest BCUT2D eigenvalue weighted by molar-refractivity contribution is -0.150. The molecule has 0 fully saturated rings. The minimum absolute atomic E-state index is 0.0210. The lowest BCUT2D eigenvalue weighted by Crippen LogP contribution is -2.38. The first-order valence-corrected chi connectivity index (χ1v) is 14.1. The number of carboxylic acid groups (broad SMARTS) is 1. The van der Waals surface area contributed by atoms with E-state index < -0.39 is 35.7 Å². The summed E-state index contributed by atoms with van der Waals surface area (Å²) in [5.41, 5.74) is 0.475. The van der Waals surface area contributed by atoms with Gasteiger partial charge in [-0.1, -0.05) is 36.4 Å². The number of carbonyl (C=O) groups excluding carboxylic acids is 1. The number of ether oxygens (including phenoxy) is 4. The summed E-state index contributed by atoms with van der Waals surface area (Å²) in [6.45, 7) is 2.83. The normalized spacial score (nSPS) is 12.0. The highest BCUT2D eigenvalue weighted by molar-refractivity contribution is 5.72. The van der Waals surface area contributed by atoms with Crippen LogP contribution < -0.4 is 9.47 Å². The van der Waals surface area contributed by atoms with Crippen LogP contribution in [0.5, 0.6) is 11.5 Å². The highest BCUT2D eigenvalue weighted by Crippen LogP contribution is 2.36. The monoisotopic (exact) mass is 621 g/mol. The van der Waals surface area contributed by atoms with Crippen molar-refractivity contribution in [1.29, 1.82) is 0 Å². The number of para-hydroxylation sites is 1. The highest BCUT2D eigenvalue weighted by atomic mass is 19.4. The van der Waals surface area contributed by atoms with Crippen LogP contribution in [-0.2, 0) is 33.5 Å². The van der Waals surface area contributed by atoms with Crippen molar-refractivity contribution in [2.45, 2.75) is 45.1 Å². The van der Waals surface area contributed by atoms with Gasteiger partial charge in [0.25, 0.3) is 0 Å². The molecular weight excluding hydrogens is 586 g/mol. The van der Waals surface area contributed by atoms with Crippen molar-refractivity contribution in [3.05, 3.63) is 95.3 Å². The summed E-state index contributed by atoms with van der Waals surface area (Å²) in [4.78, 5) is 25.6. The van der Waals surface area contributed by atoms with E-state index in [-0.39, 0.29) is 45.1 Å². The molecule has 3 rings (SSSR count). The number of aliphatic carboxylic acids is 1. The fraction of sp³-hybridized carbons (Fsp3) is 0.375. The zero-order valence-corrected chi connectivity index (χ0v) is 24.2. The van der Waals surface area contributed by atoms with Crippen molar-refractivity contribution >= 4 is 12.1 Å². The quantitative estimate of drug-likeness (QED) is 0.132. The Labute approximate surface area is 253 Å². The van der Waals surface area contributed by atoms with E-state index in [1.807, 2.05) is 0 Å². The van der Waals surface area contributed by atoms with Crippen LogP contribution in [0.1, 0.15) is 36.5 Å². The van der Waals surface area contributed by atoms with Crippen LogP contribution in [0.15, 0.2) is 72.8 Å². The Kier molecular flexibility index (Phi) is 13.4. The van der Waals surface area contributed by atoms with Gasteiger partial charge in [-0.15, -0.1) is 0 Å². The summed E-state index contributed by atoms with van der Waals surface area (Å²) in [7, 11) is 0. The first-order chi connectivity index (χ1) is 21.1. The van der Waals surface area contributed by atoms with E-state index in [4.69, 9.17) is 18.9 Å². The van der Waals surface area contributed by atoms with Crippen LogP contribution in [0.25, 0.3) is 0 Å². The molecule has 3 aromatic carbocycles. The average Bonchev–Trinajstić information content (AvgIpc) is 2.99. The molecule has 0 heterocycles. The molecule has 1 unspecified atom stereocenters. The van der Waals surface area contributed by atoms with Gasteiger partial charge in [-0.3, -0.25) is 0 Å². The van der Waals surface area contributed by atoms with Crippen LogP contribution in [0, 0.1) is 5.82 Å². The molecule has 0 aliphatic rings. The second-order valence-electron chi connectivity index (χ2n) is 9.71. The number of halogens is 4. The molecule has 0 saturated carbocycles. The maximum atomic E-state index is 13.4. The number of benzene rings is 3. The summed E-state index contributed by atoms with van der Waals surface area (Å²) >= 11 is 0. The number of carbonyl (C=O) groups is 2. The van der Waals surface area contributed by atoms with Crippen LogP contribution >= 0.6 is 0 Å². The van der Waals surface area contributed by atoms with E-state index >= 15 is 0 Å². The topological polar surface area (TPSA) is 94.5 Å². The number of nitrogens with zero attached hydrogens (tertiary/aromatic N) is 1. The van der Waals surface area contributed by atoms with E-state index in [2.05, 4.69) is 0 Å². The van der Waals surface area contributed by atoms with Crippen molar-refractivity contribution in [3.63, 3.8) is 0 Å². The molecular formula is C32H35F4NO7. The summed E-state index contributed by atoms with van der Waals surface area (Å²) in [6, 6.07) is 17.1. The fourth-order valence-electron chi connectivity index (χ4n) is 4.15. The zero-order valence-electron chi connectivity index (χ0n) is 24.2. The van der Waals surface area contributed by atoms with E-state index in [9.17, 15) is 32.3 Å². The first-order valence-electron chi connectivity index (χ1n) is 14.1. The summed E-state index contributed by atoms with van der Waals surface area (Å²) in [5.74, 6) is -1.54. The molecule has 1 amide bonds. The predicted octanol–water partition coefficient (Wildman–Crippen LogP) is 6.75. The van der Waals surface area contributed by atoms with Crippen LogP contribution in [0.3, 0.4) is 0 Å². The van der Waals surface area contributed by atoms with Crippen LogP contribution in [0.4, 0.5) is 22.4 Å². The largest absolute Gasteiger partial charge is 0.492 e. The second-order valence-corrected chi connectivity index (χ2v) is 9.71. The molecule has 1 N–H and O–H groups in total. The van der Waals surface area contributed by atoms with Crippen molar-refractivity contribution < 1.29 is 51.2 Å². The van der Waals surface area contributed by atoms with Gasteiger partial charge in [0.15, 0.2) is 6.10 Å². The number of alkyl halides is 3. The average molecular weight is 622 g/mol. The molecule has 0 aromatic heterocycles. The molecule has 3 aromatic rings. The Balaban J connectivity index is 1.56. The lowest BCUT2D eigenvalue weighted by atomic mass is 10.1. The van der Waals surface area contributed by atoms with Crippen molar-refractivity contribution in [1.82, 2.24) is 4.90 Å². The SMILES string of the molecule is CCOC(Cc1ccc(OCCN(CCCCOCc2ccc(F)cc2)C(=O)Oc2ccccc2C(F)(F)F)cc1)C(=O)O. The van der Waals surface area contributed by atoms with Crippen LogP contribution in [0.2, 0.25) is 0 Å². The van der Waals surface area contributed by atoms with Gasteiger partial charge >= 0.3 is 18.2 Å². The number of carboxylic acids is 1. The van der Waals surface area contributed by atoms with Gasteiger partial charge in [-0.2, -0.15) is 13.2 Å². The number of hydrogen-bond donors (Lipinski definition) is 1. The third kappa shape index (κ3) is 11.5. The lowest BCUT2D eigenvalue weighted by Gasteiger charge is -2.23. The van der Waals surface area contributed by atoms with Gasteiger partial charge in [0.1, 0.15) is 23.9 Å². The Morgan fingerprint density at radius 2 is 1.57 bits per heavy atom. The third-order valence-electron chi connectivity index (χ3n) is 6.41. The Morgan fingerprint density at radius 1 is 0.886 bits per heavy atom. The van der Waals surface area contributed by atoms with Gasteiger partial charge < -0.3 is 29.0 Å². The molecule has 0 aliphatic heterocycles. The summed E-state index contributed by atoms with van der Waals surface area (Å²) in [6.07, 6.45) is -5.43. The van der Waals surface area contributed by atoms with Crippen LogP contribution in [-0.4, -0.2) is 61.1 Å². The third-order valence-corrected chi connectivity index (χ3v) is 6.41. The minimum atomic E-state index is -4.70. The van der Waals surface area contributed by atoms with E-state index in [1.54, 1.807) is 43.3 Å². The molecule has 8 nitrogen and oxygen atoms in total. The standard InChI is InChI=1S/C32H35F4NO7/c1-2-42-29(30(38)39)21-23-11-15-26(16-12-23)43-20-18-37(17-5-6-19-41-22-24-9-13-25(33)14-10-24)31(40)44-28-8-4-3-7-27(28)32(34,35)36/h3-4,7-16,29H,2,5-6,17-22H2,1H3,(H,38,39). The van der Waals surface area contributed by atoms with Crippen molar-refractivity contribution in [3.8, 4) is 11.5 Å². The maximum absolute atomic E-state index is 13.4. The van der Waals surface area contributed by atoms with Gasteiger partial charge in [0.05, 0.1) is 18.7 Å².